The summed E-state index contributed by atoms with van der Waals surface area (Å²) in [6, 6.07) is 10.9. The lowest BCUT2D eigenvalue weighted by Crippen LogP contribution is -2.38. The minimum Gasteiger partial charge on any atom is -0.378 e. The quantitative estimate of drug-likeness (QED) is 0.339. The molecule has 0 amide bonds. The fourth-order valence-corrected chi connectivity index (χ4v) is 3.14. The van der Waals surface area contributed by atoms with E-state index in [-0.39, 0.29) is 29.8 Å². The molecular weight excluding hydrogens is 484 g/mol. The van der Waals surface area contributed by atoms with E-state index in [0.717, 1.165) is 50.2 Å². The molecule has 1 saturated heterocycles. The Bertz CT molecular complexity index is 783. The average molecular weight is 513 g/mol. The lowest BCUT2D eigenvalue weighted by atomic mass is 10.1. The third-order valence-corrected chi connectivity index (χ3v) is 4.57. The van der Waals surface area contributed by atoms with Gasteiger partial charge in [-0.15, -0.1) is 24.0 Å². The number of ether oxygens (including phenoxy) is 1. The van der Waals surface area contributed by atoms with Crippen LogP contribution in [0.4, 0.5) is 10.2 Å². The predicted molar refractivity (Wildman–Crippen MR) is 126 cm³/mol. The highest BCUT2D eigenvalue weighted by molar-refractivity contribution is 14.0. The van der Waals surface area contributed by atoms with Crippen LogP contribution in [0.25, 0.3) is 0 Å². The molecule has 0 saturated carbocycles. The van der Waals surface area contributed by atoms with Gasteiger partial charge in [0.05, 0.1) is 19.8 Å². The van der Waals surface area contributed by atoms with E-state index in [0.29, 0.717) is 25.1 Å². The number of rotatable bonds is 7. The molecule has 0 unspecified atom stereocenters. The van der Waals surface area contributed by atoms with Crippen molar-refractivity contribution in [3.05, 3.63) is 59.5 Å². The van der Waals surface area contributed by atoms with Crippen LogP contribution in [0.1, 0.15) is 18.1 Å². The third kappa shape index (κ3) is 7.11. The van der Waals surface area contributed by atoms with Crippen molar-refractivity contribution in [2.24, 2.45) is 4.99 Å². The summed E-state index contributed by atoms with van der Waals surface area (Å²) < 4.78 is 19.2. The third-order valence-electron chi connectivity index (χ3n) is 4.57. The number of guanidine groups is 1. The average Bonchev–Trinajstić information content (AvgIpc) is 2.74. The summed E-state index contributed by atoms with van der Waals surface area (Å²) in [4.78, 5) is 11.5. The zero-order chi connectivity index (χ0) is 19.6. The number of pyridine rings is 1. The normalized spacial score (nSPS) is 14.3. The molecule has 2 heterocycles. The molecule has 3 rings (SSSR count). The van der Waals surface area contributed by atoms with E-state index in [1.54, 1.807) is 6.07 Å². The molecular formula is C21H29FIN5O. The molecule has 29 heavy (non-hydrogen) atoms. The maximum atomic E-state index is 13.8. The smallest absolute Gasteiger partial charge is 0.191 e. The van der Waals surface area contributed by atoms with Crippen molar-refractivity contribution < 1.29 is 9.13 Å². The van der Waals surface area contributed by atoms with Crippen molar-refractivity contribution in [3.8, 4) is 0 Å². The number of hydrogen-bond acceptors (Lipinski definition) is 4. The number of morpholine rings is 1. The lowest BCUT2D eigenvalue weighted by molar-refractivity contribution is 0.122. The summed E-state index contributed by atoms with van der Waals surface area (Å²) in [5, 5.41) is 6.53. The Balaban J connectivity index is 0.00000300. The van der Waals surface area contributed by atoms with Gasteiger partial charge >= 0.3 is 0 Å². The number of anilines is 1. The van der Waals surface area contributed by atoms with E-state index in [1.165, 1.54) is 6.07 Å². The minimum atomic E-state index is -0.170. The highest BCUT2D eigenvalue weighted by atomic mass is 127. The Morgan fingerprint density at radius 2 is 1.90 bits per heavy atom. The molecule has 1 aromatic carbocycles. The van der Waals surface area contributed by atoms with Crippen molar-refractivity contribution in [1.82, 2.24) is 15.6 Å². The summed E-state index contributed by atoms with van der Waals surface area (Å²) in [5.41, 5.74) is 1.78. The van der Waals surface area contributed by atoms with Gasteiger partial charge in [-0.3, -0.25) is 0 Å². The van der Waals surface area contributed by atoms with Crippen LogP contribution in [0.3, 0.4) is 0 Å². The van der Waals surface area contributed by atoms with Gasteiger partial charge in [-0.2, -0.15) is 0 Å². The van der Waals surface area contributed by atoms with Crippen molar-refractivity contribution in [1.29, 1.82) is 0 Å². The van der Waals surface area contributed by atoms with Crippen LogP contribution < -0.4 is 15.5 Å². The first-order chi connectivity index (χ1) is 13.8. The van der Waals surface area contributed by atoms with Gasteiger partial charge in [0.25, 0.3) is 0 Å². The summed E-state index contributed by atoms with van der Waals surface area (Å²) in [6.07, 6.45) is 2.42. The molecule has 0 radical (unpaired) electrons. The number of benzene rings is 1. The van der Waals surface area contributed by atoms with Crippen LogP contribution >= 0.6 is 24.0 Å². The Labute approximate surface area is 189 Å². The molecule has 6 nitrogen and oxygen atoms in total. The van der Waals surface area contributed by atoms with Gasteiger partial charge in [-0.25, -0.2) is 14.4 Å². The molecule has 1 aliphatic heterocycles. The first kappa shape index (κ1) is 23.3. The number of nitrogens with zero attached hydrogens (tertiary/aromatic N) is 3. The first-order valence-electron chi connectivity index (χ1n) is 9.80. The van der Waals surface area contributed by atoms with Gasteiger partial charge in [0.1, 0.15) is 11.6 Å². The van der Waals surface area contributed by atoms with E-state index in [9.17, 15) is 4.39 Å². The number of aliphatic imine (C=N–C) groups is 1. The molecule has 158 valence electrons. The van der Waals surface area contributed by atoms with Crippen LogP contribution in [-0.4, -0.2) is 50.3 Å². The van der Waals surface area contributed by atoms with Crippen LogP contribution in [-0.2, 0) is 17.7 Å². The van der Waals surface area contributed by atoms with Crippen LogP contribution in [0.5, 0.6) is 0 Å². The SMILES string of the molecule is CCNC(=NCc1cccnc1N1CCOCC1)NCCc1ccccc1F.I. The van der Waals surface area contributed by atoms with Crippen molar-refractivity contribution in [2.75, 3.05) is 44.3 Å². The standard InChI is InChI=1S/C21H28FN5O.HI/c1-2-23-21(25-11-9-17-6-3-4-8-19(17)22)26-16-18-7-5-10-24-20(18)27-12-14-28-15-13-27;/h3-8,10H,2,9,11-16H2,1H3,(H2,23,25,26);1H. The van der Waals surface area contributed by atoms with Gasteiger partial charge in [0.2, 0.25) is 0 Å². The summed E-state index contributed by atoms with van der Waals surface area (Å²) in [6.45, 7) is 7.04. The van der Waals surface area contributed by atoms with E-state index in [4.69, 9.17) is 9.73 Å². The summed E-state index contributed by atoms with van der Waals surface area (Å²) >= 11 is 0. The molecule has 2 N–H and O–H groups in total. The number of halogens is 2. The fourth-order valence-electron chi connectivity index (χ4n) is 3.14. The summed E-state index contributed by atoms with van der Waals surface area (Å²) in [7, 11) is 0. The zero-order valence-corrected chi connectivity index (χ0v) is 19.1. The molecule has 1 fully saturated rings. The number of nitrogens with one attached hydrogen (secondary N) is 2. The van der Waals surface area contributed by atoms with Crippen LogP contribution in [0.2, 0.25) is 0 Å². The Morgan fingerprint density at radius 1 is 1.14 bits per heavy atom. The predicted octanol–water partition coefficient (Wildman–Crippen LogP) is 2.97. The molecule has 0 atom stereocenters. The van der Waals surface area contributed by atoms with Crippen LogP contribution in [0.15, 0.2) is 47.6 Å². The number of hydrogen-bond donors (Lipinski definition) is 2. The largest absolute Gasteiger partial charge is 0.378 e. The van der Waals surface area contributed by atoms with Crippen molar-refractivity contribution in [3.63, 3.8) is 0 Å². The first-order valence-corrected chi connectivity index (χ1v) is 9.80. The molecule has 0 aliphatic carbocycles. The topological polar surface area (TPSA) is 61.8 Å². The van der Waals surface area contributed by atoms with Crippen molar-refractivity contribution >= 4 is 35.8 Å². The van der Waals surface area contributed by atoms with Gasteiger partial charge in [-0.1, -0.05) is 24.3 Å². The highest BCUT2D eigenvalue weighted by Gasteiger charge is 2.15. The second kappa shape index (κ2) is 12.6. The highest BCUT2D eigenvalue weighted by Crippen LogP contribution is 2.19. The van der Waals surface area contributed by atoms with E-state index in [2.05, 4.69) is 26.6 Å². The Hall–Kier alpha value is -1.94. The van der Waals surface area contributed by atoms with Gasteiger partial charge in [0.15, 0.2) is 5.96 Å². The molecule has 2 aromatic rings. The number of aromatic nitrogens is 1. The molecule has 0 bridgehead atoms. The molecule has 0 spiro atoms. The monoisotopic (exact) mass is 513 g/mol. The maximum absolute atomic E-state index is 13.8. The fraction of sp³-hybridized carbons (Fsp3) is 0.429. The van der Waals surface area contributed by atoms with E-state index in [1.807, 2.05) is 31.3 Å². The molecule has 1 aliphatic rings. The maximum Gasteiger partial charge on any atom is 0.191 e. The lowest BCUT2D eigenvalue weighted by Gasteiger charge is -2.29. The Morgan fingerprint density at radius 3 is 2.66 bits per heavy atom. The molecule has 8 heteroatoms. The van der Waals surface area contributed by atoms with Gasteiger partial charge < -0.3 is 20.3 Å². The zero-order valence-electron chi connectivity index (χ0n) is 16.7. The second-order valence-corrected chi connectivity index (χ2v) is 6.55. The van der Waals surface area contributed by atoms with Gasteiger partial charge in [0, 0.05) is 37.9 Å². The molecule has 1 aromatic heterocycles. The minimum absolute atomic E-state index is 0. The van der Waals surface area contributed by atoms with Crippen LogP contribution in [0, 0.1) is 5.82 Å². The van der Waals surface area contributed by atoms with E-state index >= 15 is 0 Å². The summed E-state index contributed by atoms with van der Waals surface area (Å²) in [5.74, 6) is 1.52. The van der Waals surface area contributed by atoms with E-state index < -0.39 is 0 Å². The Kier molecular flexibility index (Phi) is 10.1. The second-order valence-electron chi connectivity index (χ2n) is 6.55. The van der Waals surface area contributed by atoms with Gasteiger partial charge in [-0.05, 0) is 31.0 Å². The van der Waals surface area contributed by atoms with Crippen molar-refractivity contribution in [2.45, 2.75) is 19.9 Å².